The minimum Gasteiger partial charge on any atom is -0.359 e. The molecule has 2 amide bonds. The number of halogens is 1. The van der Waals surface area contributed by atoms with Gasteiger partial charge >= 0.3 is 0 Å². The Kier molecular flexibility index (Phi) is 5.10. The van der Waals surface area contributed by atoms with E-state index in [9.17, 15) is 9.59 Å². The zero-order valence-corrected chi connectivity index (χ0v) is 18.2. The number of piperazine rings is 1. The molecule has 0 bridgehead atoms. The van der Waals surface area contributed by atoms with Crippen LogP contribution in [0, 0.1) is 5.92 Å². The van der Waals surface area contributed by atoms with Crippen LogP contribution < -0.4 is 15.5 Å². The molecule has 0 radical (unpaired) electrons. The molecule has 1 aliphatic heterocycles. The molecule has 1 unspecified atom stereocenters. The first kappa shape index (κ1) is 19.9. The lowest BCUT2D eigenvalue weighted by atomic mass is 9.87. The van der Waals surface area contributed by atoms with Crippen molar-refractivity contribution in [1.29, 1.82) is 0 Å². The second-order valence-electron chi connectivity index (χ2n) is 8.55. The number of nitrogens with zero attached hydrogens (tertiary/aromatic N) is 1. The smallest absolute Gasteiger partial charge is 0.257 e. The molecular weight excluding hydrogens is 412 g/mol. The van der Waals surface area contributed by atoms with Crippen molar-refractivity contribution in [3.05, 3.63) is 58.2 Å². The van der Waals surface area contributed by atoms with Crippen LogP contribution in [-0.2, 0) is 17.6 Å². The molecule has 7 heteroatoms. The highest BCUT2D eigenvalue weighted by molar-refractivity contribution is 6.33. The van der Waals surface area contributed by atoms with E-state index in [4.69, 9.17) is 11.6 Å². The summed E-state index contributed by atoms with van der Waals surface area (Å²) in [6, 6.07) is 11.3. The highest BCUT2D eigenvalue weighted by Gasteiger charge is 2.23. The maximum absolute atomic E-state index is 13.1. The molecule has 5 rings (SSSR count). The van der Waals surface area contributed by atoms with E-state index in [0.29, 0.717) is 35.3 Å². The molecule has 0 spiro atoms. The number of carbonyl (C=O) groups is 2. The third kappa shape index (κ3) is 3.76. The number of amides is 2. The van der Waals surface area contributed by atoms with Crippen LogP contribution in [0.1, 0.15) is 35.0 Å². The van der Waals surface area contributed by atoms with E-state index in [2.05, 4.69) is 28.6 Å². The summed E-state index contributed by atoms with van der Waals surface area (Å²) in [5.74, 6) is 0.477. The number of rotatable bonds is 3. The fraction of sp³-hybridized carbons (Fsp3) is 0.333. The highest BCUT2D eigenvalue weighted by atomic mass is 35.5. The van der Waals surface area contributed by atoms with Crippen LogP contribution in [0.2, 0.25) is 5.02 Å². The largest absolute Gasteiger partial charge is 0.359 e. The summed E-state index contributed by atoms with van der Waals surface area (Å²) in [5, 5.41) is 7.44. The molecule has 31 heavy (non-hydrogen) atoms. The first-order valence-electron chi connectivity index (χ1n) is 10.7. The van der Waals surface area contributed by atoms with Crippen LogP contribution in [0.15, 0.2) is 36.4 Å². The molecule has 6 nitrogen and oxygen atoms in total. The summed E-state index contributed by atoms with van der Waals surface area (Å²) in [6.07, 6.45) is 3.24. The van der Waals surface area contributed by atoms with Crippen LogP contribution in [-0.4, -0.2) is 36.4 Å². The molecule has 1 aliphatic carbocycles. The van der Waals surface area contributed by atoms with Crippen LogP contribution in [0.3, 0.4) is 0 Å². The van der Waals surface area contributed by atoms with Gasteiger partial charge in [0.2, 0.25) is 5.91 Å². The number of fused-ring (bicyclic) bond motifs is 3. The summed E-state index contributed by atoms with van der Waals surface area (Å²) in [6.45, 7) is 3.86. The van der Waals surface area contributed by atoms with Crippen molar-refractivity contribution >= 4 is 45.7 Å². The molecule has 160 valence electrons. The fourth-order valence-electron chi connectivity index (χ4n) is 4.69. The van der Waals surface area contributed by atoms with Crippen molar-refractivity contribution in [2.45, 2.75) is 26.2 Å². The normalized spacial score (nSPS) is 18.6. The zero-order chi connectivity index (χ0) is 21.5. The van der Waals surface area contributed by atoms with Crippen molar-refractivity contribution in [1.82, 2.24) is 10.3 Å². The van der Waals surface area contributed by atoms with Gasteiger partial charge in [0.15, 0.2) is 0 Å². The summed E-state index contributed by atoms with van der Waals surface area (Å²) in [5.41, 5.74) is 5.56. The molecule has 0 saturated carbocycles. The number of hydrogen-bond donors (Lipinski definition) is 3. The number of H-pyrrole nitrogens is 1. The fourth-order valence-corrected chi connectivity index (χ4v) is 4.99. The highest BCUT2D eigenvalue weighted by Crippen LogP contribution is 2.34. The van der Waals surface area contributed by atoms with Gasteiger partial charge in [0.05, 0.1) is 28.3 Å². The lowest BCUT2D eigenvalue weighted by Gasteiger charge is -2.29. The zero-order valence-electron chi connectivity index (χ0n) is 17.4. The number of aryl methyl sites for hydroxylation is 1. The van der Waals surface area contributed by atoms with Crippen molar-refractivity contribution in [3.63, 3.8) is 0 Å². The minimum atomic E-state index is -0.168. The Bertz CT molecular complexity index is 1190. The van der Waals surface area contributed by atoms with E-state index >= 15 is 0 Å². The van der Waals surface area contributed by atoms with Crippen molar-refractivity contribution in [2.24, 2.45) is 5.92 Å². The average Bonchev–Trinajstić information content (AvgIpc) is 3.11. The van der Waals surface area contributed by atoms with E-state index in [-0.39, 0.29) is 18.4 Å². The number of para-hydroxylation sites is 1. The maximum Gasteiger partial charge on any atom is 0.257 e. The van der Waals surface area contributed by atoms with Gasteiger partial charge in [-0.05, 0) is 55.0 Å². The number of anilines is 2. The number of hydrogen-bond acceptors (Lipinski definition) is 3. The monoisotopic (exact) mass is 436 g/mol. The Balaban J connectivity index is 1.40. The minimum absolute atomic E-state index is 0.0178. The van der Waals surface area contributed by atoms with E-state index in [0.717, 1.165) is 29.4 Å². The van der Waals surface area contributed by atoms with Gasteiger partial charge in [0.25, 0.3) is 5.91 Å². The Morgan fingerprint density at radius 1 is 1.26 bits per heavy atom. The van der Waals surface area contributed by atoms with Crippen LogP contribution in [0.5, 0.6) is 0 Å². The summed E-state index contributed by atoms with van der Waals surface area (Å²) in [4.78, 5) is 30.2. The van der Waals surface area contributed by atoms with E-state index < -0.39 is 0 Å². The van der Waals surface area contributed by atoms with Gasteiger partial charge < -0.3 is 20.5 Å². The first-order chi connectivity index (χ1) is 15.0. The van der Waals surface area contributed by atoms with Gasteiger partial charge in [-0.25, -0.2) is 0 Å². The summed E-state index contributed by atoms with van der Waals surface area (Å²) in [7, 11) is 0. The quantitative estimate of drug-likeness (QED) is 0.577. The van der Waals surface area contributed by atoms with E-state index in [1.54, 1.807) is 6.07 Å². The van der Waals surface area contributed by atoms with Crippen molar-refractivity contribution in [3.8, 4) is 0 Å². The number of aromatic amines is 1. The summed E-state index contributed by atoms with van der Waals surface area (Å²) < 4.78 is 0. The van der Waals surface area contributed by atoms with Crippen molar-refractivity contribution in [2.75, 3.05) is 29.9 Å². The first-order valence-corrected chi connectivity index (χ1v) is 11.1. The lowest BCUT2D eigenvalue weighted by molar-refractivity contribution is -0.120. The molecule has 2 aliphatic rings. The summed E-state index contributed by atoms with van der Waals surface area (Å²) >= 11 is 6.49. The third-order valence-corrected chi connectivity index (χ3v) is 6.60. The molecular formula is C24H25ClN4O2. The van der Waals surface area contributed by atoms with Gasteiger partial charge in [0, 0.05) is 29.9 Å². The molecule has 1 atom stereocenters. The Labute approximate surface area is 186 Å². The average molecular weight is 437 g/mol. The SMILES string of the molecule is CC1CCc2[nH]c3c(C(=O)Nc4ccc(N5CCNC(=O)C5)c(Cl)c4)cccc3c2C1. The van der Waals surface area contributed by atoms with E-state index in [1.165, 1.54) is 17.7 Å². The Morgan fingerprint density at radius 2 is 2.13 bits per heavy atom. The van der Waals surface area contributed by atoms with Crippen LogP contribution in [0.4, 0.5) is 11.4 Å². The molecule has 2 heterocycles. The van der Waals surface area contributed by atoms with Crippen LogP contribution in [0.25, 0.3) is 10.9 Å². The molecule has 3 N–H and O–H groups in total. The van der Waals surface area contributed by atoms with Crippen LogP contribution >= 0.6 is 11.6 Å². The second-order valence-corrected chi connectivity index (χ2v) is 8.96. The number of nitrogens with one attached hydrogen (secondary N) is 3. The lowest BCUT2D eigenvalue weighted by Crippen LogP contribution is -2.47. The van der Waals surface area contributed by atoms with Gasteiger partial charge in [-0.1, -0.05) is 30.7 Å². The predicted molar refractivity (Wildman–Crippen MR) is 124 cm³/mol. The molecule has 1 aromatic heterocycles. The van der Waals surface area contributed by atoms with Gasteiger partial charge in [-0.15, -0.1) is 0 Å². The second kappa shape index (κ2) is 7.93. The predicted octanol–water partition coefficient (Wildman–Crippen LogP) is 4.13. The molecule has 3 aromatic rings. The third-order valence-electron chi connectivity index (χ3n) is 6.30. The number of aromatic nitrogens is 1. The van der Waals surface area contributed by atoms with Crippen molar-refractivity contribution < 1.29 is 9.59 Å². The van der Waals surface area contributed by atoms with Gasteiger partial charge in [-0.2, -0.15) is 0 Å². The number of benzene rings is 2. The molecule has 2 aromatic carbocycles. The van der Waals surface area contributed by atoms with E-state index in [1.807, 2.05) is 29.2 Å². The van der Waals surface area contributed by atoms with Gasteiger partial charge in [-0.3, -0.25) is 9.59 Å². The number of carbonyl (C=O) groups excluding carboxylic acids is 2. The van der Waals surface area contributed by atoms with Gasteiger partial charge in [0.1, 0.15) is 0 Å². The molecule has 1 saturated heterocycles. The topological polar surface area (TPSA) is 77.2 Å². The Morgan fingerprint density at radius 3 is 2.94 bits per heavy atom. The standard InChI is InChI=1S/C24H25ClN4O2/c1-14-5-7-20-18(11-14)16-3-2-4-17(23(16)28-20)24(31)27-15-6-8-21(19(25)12-15)29-10-9-26-22(30)13-29/h2-4,6,8,12,14,28H,5,7,9-11,13H2,1H3,(H,26,30)(H,27,31). The molecule has 1 fully saturated rings. The maximum atomic E-state index is 13.1. The Hall–Kier alpha value is -2.99.